The second-order valence-corrected chi connectivity index (χ2v) is 41.5. The summed E-state index contributed by atoms with van der Waals surface area (Å²) in [5.74, 6) is -0.380. The monoisotopic (exact) mass is 1030 g/mol. The Balaban J connectivity index is 0.000000342. The second-order valence-electron chi connectivity index (χ2n) is 23.2. The van der Waals surface area contributed by atoms with Gasteiger partial charge in [0, 0.05) is 0 Å². The van der Waals surface area contributed by atoms with Gasteiger partial charge in [0.2, 0.25) is 0 Å². The summed E-state index contributed by atoms with van der Waals surface area (Å²) in [6, 6.07) is 22.0. The molecule has 4 saturated carbocycles. The highest BCUT2D eigenvalue weighted by molar-refractivity contribution is 7.20. The van der Waals surface area contributed by atoms with E-state index in [-0.39, 0.29) is 46.9 Å². The van der Waals surface area contributed by atoms with E-state index in [1.54, 1.807) is 48.5 Å². The minimum Gasteiger partial charge on any atom is -0.416 e. The topological polar surface area (TPSA) is 36.9 Å². The lowest BCUT2D eigenvalue weighted by Gasteiger charge is -2.46. The number of hydrogen-bond donors (Lipinski definition) is 0. The molecule has 4 aliphatic carbocycles. The summed E-state index contributed by atoms with van der Waals surface area (Å²) < 4.78 is 90.3. The highest BCUT2D eigenvalue weighted by Gasteiger charge is 2.51. The SMILES string of the molecule is C[Si]1(C)O[Si](C)(C)O[Si](C)(C)O[Si](C)(C)O1.Fc1cc(C2CCCCC2)cc([Si](c2cc(F)cc(C3CCCCC3)c2)(c2cc(F)cc(C3CCCCC3)c2)c2cc(F)cc(C3CCCCC3)c2)c1. The average Bonchev–Trinajstić information content (AvgIpc) is 3.28. The fourth-order valence-electron chi connectivity index (χ4n) is 13.5. The lowest BCUT2D eigenvalue weighted by molar-refractivity contribution is 0.238. The molecule has 9 rings (SSSR count). The van der Waals surface area contributed by atoms with Crippen molar-refractivity contribution in [3.63, 3.8) is 0 Å². The standard InChI is InChI=1S/C48H56F4Si.C8H24O4Si4/c49-41-21-37(33-13-5-1-6-14-33)25-45(29-41)53(46-26-38(22-42(50)30-46)34-15-7-2-8-16-34,47-27-39(23-43(51)31-47)35-17-9-3-10-18-35)48-28-40(24-44(52)32-48)36-19-11-4-12-20-36;1-13(2)9-14(3,4)11-16(7,8)12-15(5,6)10-13/h21-36H,1-20H2;1-8H3. The van der Waals surface area contributed by atoms with Gasteiger partial charge in [0.25, 0.3) is 0 Å². The van der Waals surface area contributed by atoms with Crippen LogP contribution in [0.1, 0.15) is 174 Å². The van der Waals surface area contributed by atoms with Gasteiger partial charge in [-0.2, -0.15) is 0 Å². The Morgan fingerprint density at radius 2 is 0.493 bits per heavy atom. The maximum Gasteiger partial charge on any atom is 0.314 e. The zero-order valence-corrected chi connectivity index (χ0v) is 48.0. The number of rotatable bonds is 8. The molecule has 5 aliphatic rings. The smallest absolute Gasteiger partial charge is 0.314 e. The molecule has 4 nitrogen and oxygen atoms in total. The molecule has 0 unspecified atom stereocenters. The zero-order chi connectivity index (χ0) is 49.2. The first-order valence-electron chi connectivity index (χ1n) is 26.7. The minimum atomic E-state index is -3.77. The van der Waals surface area contributed by atoms with Gasteiger partial charge in [0.05, 0.1) is 0 Å². The first kappa shape index (κ1) is 52.8. The van der Waals surface area contributed by atoms with Gasteiger partial charge >= 0.3 is 34.2 Å². The van der Waals surface area contributed by atoms with E-state index < -0.39 is 42.3 Å². The summed E-state index contributed by atoms with van der Waals surface area (Å²) in [4.78, 5) is 0. The molecule has 1 aliphatic heterocycles. The summed E-state index contributed by atoms with van der Waals surface area (Å²) in [6.45, 7) is 16.6. The molecule has 69 heavy (non-hydrogen) atoms. The van der Waals surface area contributed by atoms with Crippen LogP contribution in [0.2, 0.25) is 52.4 Å². The lowest BCUT2D eigenvalue weighted by atomic mass is 9.84. The normalized spacial score (nSPS) is 22.8. The Hall–Kier alpha value is -2.48. The molecular formula is C56H80F4O4Si5. The van der Waals surface area contributed by atoms with E-state index in [1.807, 2.05) is 0 Å². The first-order chi connectivity index (χ1) is 32.7. The Morgan fingerprint density at radius 3 is 0.681 bits per heavy atom. The van der Waals surface area contributed by atoms with E-state index in [2.05, 4.69) is 76.6 Å². The molecule has 0 atom stereocenters. The maximum atomic E-state index is 16.4. The van der Waals surface area contributed by atoms with Crippen molar-refractivity contribution in [2.45, 2.75) is 204 Å². The van der Waals surface area contributed by atoms with E-state index in [1.165, 1.54) is 25.7 Å². The molecule has 4 aromatic rings. The molecular weight excluding hydrogens is 953 g/mol. The van der Waals surface area contributed by atoms with Crippen LogP contribution in [0.3, 0.4) is 0 Å². The van der Waals surface area contributed by atoms with Gasteiger partial charge in [0.1, 0.15) is 23.3 Å². The zero-order valence-electron chi connectivity index (χ0n) is 43.0. The van der Waals surface area contributed by atoms with Gasteiger partial charge in [-0.15, -0.1) is 0 Å². The third-order valence-electron chi connectivity index (χ3n) is 15.7. The van der Waals surface area contributed by atoms with Crippen LogP contribution in [0.4, 0.5) is 17.6 Å². The van der Waals surface area contributed by atoms with Crippen LogP contribution in [0.5, 0.6) is 0 Å². The predicted molar refractivity (Wildman–Crippen MR) is 287 cm³/mol. The van der Waals surface area contributed by atoms with Crippen LogP contribution in [0.15, 0.2) is 72.8 Å². The second kappa shape index (κ2) is 21.9. The number of hydrogen-bond acceptors (Lipinski definition) is 4. The van der Waals surface area contributed by atoms with Crippen molar-refractivity contribution in [3.8, 4) is 0 Å². The van der Waals surface area contributed by atoms with Crippen LogP contribution in [0.25, 0.3) is 0 Å². The van der Waals surface area contributed by atoms with Crippen LogP contribution in [0, 0.1) is 23.3 Å². The summed E-state index contributed by atoms with van der Waals surface area (Å²) in [5.41, 5.74) is 3.86. The number of benzene rings is 4. The minimum absolute atomic E-state index is 0.228. The van der Waals surface area contributed by atoms with E-state index in [0.717, 1.165) is 146 Å². The third-order valence-corrected chi connectivity index (χ3v) is 36.0. The van der Waals surface area contributed by atoms with Gasteiger partial charge in [-0.1, -0.05) is 101 Å². The van der Waals surface area contributed by atoms with Crippen molar-refractivity contribution < 1.29 is 34.0 Å². The Kier molecular flexibility index (Phi) is 16.8. The van der Waals surface area contributed by atoms with Crippen molar-refractivity contribution in [1.82, 2.24) is 0 Å². The predicted octanol–water partition coefficient (Wildman–Crippen LogP) is 14.7. The molecule has 4 aromatic carbocycles. The quantitative estimate of drug-likeness (QED) is 0.100. The molecule has 0 radical (unpaired) electrons. The van der Waals surface area contributed by atoms with E-state index in [0.29, 0.717) is 0 Å². The lowest BCUT2D eigenvalue weighted by Crippen LogP contribution is -2.75. The molecule has 5 fully saturated rings. The summed E-state index contributed by atoms with van der Waals surface area (Å²) in [7, 11) is -12.2. The highest BCUT2D eigenvalue weighted by Crippen LogP contribution is 2.38. The molecule has 1 saturated heterocycles. The Bertz CT molecular complexity index is 2040. The molecule has 0 amide bonds. The van der Waals surface area contributed by atoms with Crippen molar-refractivity contribution in [3.05, 3.63) is 118 Å². The van der Waals surface area contributed by atoms with Crippen molar-refractivity contribution in [2.75, 3.05) is 0 Å². The van der Waals surface area contributed by atoms with E-state index in [4.69, 9.17) is 16.5 Å². The Morgan fingerprint density at radius 1 is 0.304 bits per heavy atom. The molecule has 0 bridgehead atoms. The van der Waals surface area contributed by atoms with E-state index in [9.17, 15) is 0 Å². The van der Waals surface area contributed by atoms with Crippen LogP contribution in [-0.4, -0.2) is 42.3 Å². The largest absolute Gasteiger partial charge is 0.416 e. The molecule has 376 valence electrons. The van der Waals surface area contributed by atoms with Crippen molar-refractivity contribution in [1.29, 1.82) is 0 Å². The van der Waals surface area contributed by atoms with E-state index >= 15 is 17.6 Å². The average molecular weight is 1030 g/mol. The van der Waals surface area contributed by atoms with Gasteiger partial charge in [-0.3, -0.25) is 0 Å². The van der Waals surface area contributed by atoms with Gasteiger partial charge < -0.3 is 16.5 Å². The molecule has 0 spiro atoms. The number of halogens is 4. The van der Waals surface area contributed by atoms with Crippen LogP contribution in [-0.2, 0) is 16.5 Å². The summed E-state index contributed by atoms with van der Waals surface area (Å²) >= 11 is 0. The fourth-order valence-corrected chi connectivity index (χ4v) is 39.5. The molecule has 1 heterocycles. The van der Waals surface area contributed by atoms with Gasteiger partial charge in [-0.05, 0) is 219 Å². The van der Waals surface area contributed by atoms with Crippen LogP contribution >= 0.6 is 0 Å². The van der Waals surface area contributed by atoms with Gasteiger partial charge in [0.15, 0.2) is 8.07 Å². The molecule has 13 heteroatoms. The van der Waals surface area contributed by atoms with Gasteiger partial charge in [-0.25, -0.2) is 17.6 Å². The van der Waals surface area contributed by atoms with Crippen molar-refractivity contribution >= 4 is 63.1 Å². The Labute approximate surface area is 417 Å². The third kappa shape index (κ3) is 13.2. The highest BCUT2D eigenvalue weighted by atomic mass is 28.5. The molecule has 0 aromatic heterocycles. The summed E-state index contributed by atoms with van der Waals surface area (Å²) in [6.07, 6.45) is 21.6. The van der Waals surface area contributed by atoms with Crippen molar-refractivity contribution in [2.24, 2.45) is 0 Å². The molecule has 0 N–H and O–H groups in total. The summed E-state index contributed by atoms with van der Waals surface area (Å²) in [5, 5.41) is 3.05. The first-order valence-corrected chi connectivity index (χ1v) is 40.0. The fraction of sp³-hybridized carbons (Fsp3) is 0.571. The van der Waals surface area contributed by atoms with Crippen LogP contribution < -0.4 is 20.7 Å². The maximum absolute atomic E-state index is 16.4.